The molecule has 7 heteroatoms. The van der Waals surface area contributed by atoms with Crippen LogP contribution >= 0.6 is 12.4 Å². The van der Waals surface area contributed by atoms with Crippen LogP contribution in [0.1, 0.15) is 24.2 Å². The van der Waals surface area contributed by atoms with Gasteiger partial charge in [-0.1, -0.05) is 23.4 Å². The molecule has 1 aromatic carbocycles. The maximum Gasteiger partial charge on any atom is 0.226 e. The van der Waals surface area contributed by atoms with E-state index in [0.717, 1.165) is 43.0 Å². The average Bonchev–Trinajstić information content (AvgIpc) is 2.90. The number of carbonyl (C=O) groups excluding carboxylic acids is 1. The molecular formula is C16H22ClN5O. The molecule has 1 atom stereocenters. The molecule has 0 radical (unpaired) electrons. The Balaban J connectivity index is 0.00000192. The number of piperidine rings is 1. The fraction of sp³-hybridized carbons (Fsp3) is 0.438. The molecule has 1 saturated heterocycles. The van der Waals surface area contributed by atoms with Crippen LogP contribution in [0.15, 0.2) is 30.3 Å². The Bertz CT molecular complexity index is 637. The smallest absolute Gasteiger partial charge is 0.226 e. The number of hydrogen-bond donors (Lipinski definition) is 2. The van der Waals surface area contributed by atoms with Gasteiger partial charge in [0, 0.05) is 12.6 Å². The molecule has 1 aliphatic rings. The Morgan fingerprint density at radius 3 is 2.87 bits per heavy atom. The van der Waals surface area contributed by atoms with Crippen molar-refractivity contribution in [2.24, 2.45) is 0 Å². The summed E-state index contributed by atoms with van der Waals surface area (Å²) in [4.78, 5) is 12.2. The number of nitrogens with zero attached hydrogens (tertiary/aromatic N) is 3. The third kappa shape index (κ3) is 4.30. The van der Waals surface area contributed by atoms with Gasteiger partial charge in [0.25, 0.3) is 0 Å². The Morgan fingerprint density at radius 1 is 1.39 bits per heavy atom. The average molecular weight is 336 g/mol. The largest absolute Gasteiger partial charge is 0.352 e. The van der Waals surface area contributed by atoms with Gasteiger partial charge in [-0.3, -0.25) is 4.79 Å². The maximum absolute atomic E-state index is 12.2. The maximum atomic E-state index is 12.2. The van der Waals surface area contributed by atoms with Crippen molar-refractivity contribution in [1.82, 2.24) is 25.6 Å². The van der Waals surface area contributed by atoms with Crippen LogP contribution in [-0.4, -0.2) is 40.0 Å². The Morgan fingerprint density at radius 2 is 2.17 bits per heavy atom. The van der Waals surface area contributed by atoms with Crippen molar-refractivity contribution < 1.29 is 4.79 Å². The highest BCUT2D eigenvalue weighted by atomic mass is 35.5. The normalized spacial score (nSPS) is 17.3. The van der Waals surface area contributed by atoms with Crippen molar-refractivity contribution in [3.8, 4) is 5.69 Å². The number of halogens is 1. The zero-order valence-electron chi connectivity index (χ0n) is 13.2. The number of rotatable bonds is 4. The molecular weight excluding hydrogens is 314 g/mol. The van der Waals surface area contributed by atoms with Crippen molar-refractivity contribution >= 4 is 18.3 Å². The van der Waals surface area contributed by atoms with Gasteiger partial charge in [-0.15, -0.1) is 17.5 Å². The molecule has 0 bridgehead atoms. The van der Waals surface area contributed by atoms with Crippen LogP contribution in [0.4, 0.5) is 0 Å². The first-order valence-corrected chi connectivity index (χ1v) is 7.71. The zero-order valence-corrected chi connectivity index (χ0v) is 14.0. The number of aromatic nitrogens is 3. The lowest BCUT2D eigenvalue weighted by atomic mass is 10.1. The Kier molecular flexibility index (Phi) is 6.12. The predicted octanol–water partition coefficient (Wildman–Crippen LogP) is 1.41. The second-order valence-corrected chi connectivity index (χ2v) is 5.66. The van der Waals surface area contributed by atoms with Gasteiger partial charge < -0.3 is 10.6 Å². The van der Waals surface area contributed by atoms with Crippen LogP contribution in [0.5, 0.6) is 0 Å². The molecule has 1 fully saturated rings. The van der Waals surface area contributed by atoms with Crippen molar-refractivity contribution in [1.29, 1.82) is 0 Å². The van der Waals surface area contributed by atoms with E-state index in [0.29, 0.717) is 0 Å². The van der Waals surface area contributed by atoms with Crippen LogP contribution in [0.3, 0.4) is 0 Å². The van der Waals surface area contributed by atoms with Crippen LogP contribution in [-0.2, 0) is 11.2 Å². The molecule has 1 amide bonds. The SMILES string of the molecule is Cc1c(CC(=O)NC2CCCNC2)nnn1-c1ccccc1.Cl. The number of carbonyl (C=O) groups is 1. The van der Waals surface area contributed by atoms with E-state index in [1.807, 2.05) is 37.3 Å². The third-order valence-corrected chi connectivity index (χ3v) is 3.98. The zero-order chi connectivity index (χ0) is 15.4. The van der Waals surface area contributed by atoms with Crippen molar-refractivity contribution in [3.63, 3.8) is 0 Å². The van der Waals surface area contributed by atoms with Gasteiger partial charge in [0.05, 0.1) is 23.5 Å². The van der Waals surface area contributed by atoms with Crippen molar-refractivity contribution in [2.75, 3.05) is 13.1 Å². The van der Waals surface area contributed by atoms with E-state index in [1.165, 1.54) is 0 Å². The van der Waals surface area contributed by atoms with Crippen LogP contribution in [0.25, 0.3) is 5.69 Å². The van der Waals surface area contributed by atoms with Crippen molar-refractivity contribution in [3.05, 3.63) is 41.7 Å². The van der Waals surface area contributed by atoms with Gasteiger partial charge in [-0.05, 0) is 38.4 Å². The van der Waals surface area contributed by atoms with E-state index in [2.05, 4.69) is 20.9 Å². The third-order valence-electron chi connectivity index (χ3n) is 3.98. The first kappa shape index (κ1) is 17.4. The lowest BCUT2D eigenvalue weighted by molar-refractivity contribution is -0.121. The molecule has 1 unspecified atom stereocenters. The minimum absolute atomic E-state index is 0. The molecule has 1 aromatic heterocycles. The fourth-order valence-electron chi connectivity index (χ4n) is 2.74. The molecule has 0 spiro atoms. The van der Waals surface area contributed by atoms with Gasteiger partial charge in [-0.25, -0.2) is 4.68 Å². The highest BCUT2D eigenvalue weighted by Gasteiger charge is 2.18. The first-order chi connectivity index (χ1) is 10.7. The van der Waals surface area contributed by atoms with E-state index in [4.69, 9.17) is 0 Å². The van der Waals surface area contributed by atoms with Crippen LogP contribution in [0.2, 0.25) is 0 Å². The monoisotopic (exact) mass is 335 g/mol. The predicted molar refractivity (Wildman–Crippen MR) is 91.1 cm³/mol. The number of nitrogens with one attached hydrogen (secondary N) is 2. The number of benzene rings is 1. The summed E-state index contributed by atoms with van der Waals surface area (Å²) < 4.78 is 1.77. The Hall–Kier alpha value is -1.92. The molecule has 23 heavy (non-hydrogen) atoms. The lowest BCUT2D eigenvalue weighted by Crippen LogP contribution is -2.46. The standard InChI is InChI=1S/C16H21N5O.ClH/c1-12-15(10-16(22)18-13-6-5-9-17-11-13)19-20-21(12)14-7-3-2-4-8-14;/h2-4,7-8,13,17H,5-6,9-11H2,1H3,(H,18,22);1H. The highest BCUT2D eigenvalue weighted by molar-refractivity contribution is 5.85. The molecule has 0 aliphatic carbocycles. The van der Waals surface area contributed by atoms with Gasteiger partial charge in [0.15, 0.2) is 0 Å². The van der Waals surface area contributed by atoms with Gasteiger partial charge in [0.2, 0.25) is 5.91 Å². The summed E-state index contributed by atoms with van der Waals surface area (Å²) in [6, 6.07) is 10.0. The molecule has 2 aromatic rings. The molecule has 3 rings (SSSR count). The quantitative estimate of drug-likeness (QED) is 0.886. The summed E-state index contributed by atoms with van der Waals surface area (Å²) in [7, 11) is 0. The topological polar surface area (TPSA) is 71.8 Å². The summed E-state index contributed by atoms with van der Waals surface area (Å²) >= 11 is 0. The second kappa shape index (κ2) is 8.08. The van der Waals surface area contributed by atoms with Crippen LogP contribution < -0.4 is 10.6 Å². The number of para-hydroxylation sites is 1. The molecule has 2 heterocycles. The van der Waals surface area contributed by atoms with Gasteiger partial charge in [-0.2, -0.15) is 0 Å². The number of hydrogen-bond acceptors (Lipinski definition) is 4. The van der Waals surface area contributed by atoms with Gasteiger partial charge in [0.1, 0.15) is 0 Å². The first-order valence-electron chi connectivity index (χ1n) is 7.71. The fourth-order valence-corrected chi connectivity index (χ4v) is 2.74. The summed E-state index contributed by atoms with van der Waals surface area (Å²) in [5, 5.41) is 14.7. The van der Waals surface area contributed by atoms with E-state index in [1.54, 1.807) is 4.68 Å². The summed E-state index contributed by atoms with van der Waals surface area (Å²) in [6.07, 6.45) is 2.41. The highest BCUT2D eigenvalue weighted by Crippen LogP contribution is 2.12. The molecule has 0 saturated carbocycles. The molecule has 124 valence electrons. The summed E-state index contributed by atoms with van der Waals surface area (Å²) in [6.45, 7) is 3.83. The molecule has 1 aliphatic heterocycles. The second-order valence-electron chi connectivity index (χ2n) is 5.66. The summed E-state index contributed by atoms with van der Waals surface area (Å²) in [5.74, 6) is 0.0110. The van der Waals surface area contributed by atoms with E-state index >= 15 is 0 Å². The lowest BCUT2D eigenvalue weighted by Gasteiger charge is -2.23. The van der Waals surface area contributed by atoms with E-state index in [-0.39, 0.29) is 30.8 Å². The number of amides is 1. The van der Waals surface area contributed by atoms with E-state index in [9.17, 15) is 4.79 Å². The minimum atomic E-state index is 0. The van der Waals surface area contributed by atoms with Crippen molar-refractivity contribution in [2.45, 2.75) is 32.2 Å². The minimum Gasteiger partial charge on any atom is -0.352 e. The Labute approximate surface area is 142 Å². The molecule has 6 nitrogen and oxygen atoms in total. The summed E-state index contributed by atoms with van der Waals surface area (Å²) in [5.41, 5.74) is 2.59. The molecule has 2 N–H and O–H groups in total. The van der Waals surface area contributed by atoms with E-state index < -0.39 is 0 Å². The van der Waals surface area contributed by atoms with Gasteiger partial charge >= 0.3 is 0 Å². The van der Waals surface area contributed by atoms with Crippen LogP contribution in [0, 0.1) is 6.92 Å².